The van der Waals surface area contributed by atoms with Crippen molar-refractivity contribution in [1.82, 2.24) is 15.3 Å². The lowest BCUT2D eigenvalue weighted by molar-refractivity contribution is 0.0643. The van der Waals surface area contributed by atoms with Crippen molar-refractivity contribution in [2.45, 2.75) is 33.0 Å². The number of carbonyl (C=O) groups excluding carboxylic acids is 1. The van der Waals surface area contributed by atoms with E-state index in [4.69, 9.17) is 9.15 Å². The first-order valence-corrected chi connectivity index (χ1v) is 10.8. The fourth-order valence-electron chi connectivity index (χ4n) is 3.10. The van der Waals surface area contributed by atoms with Crippen LogP contribution < -0.4 is 5.32 Å². The highest BCUT2D eigenvalue weighted by Gasteiger charge is 2.20. The first-order valence-electron chi connectivity index (χ1n) is 9.88. The lowest BCUT2D eigenvalue weighted by atomic mass is 10.1. The molecule has 0 saturated carbocycles. The van der Waals surface area contributed by atoms with E-state index in [2.05, 4.69) is 15.3 Å². The molecule has 0 aliphatic rings. The third-order valence-electron chi connectivity index (χ3n) is 4.57. The molecule has 0 radical (unpaired) electrons. The zero-order valence-corrected chi connectivity index (χ0v) is 17.7. The molecule has 0 saturated heterocycles. The minimum absolute atomic E-state index is 0.0628. The number of ether oxygens (including phenoxy) is 1. The average molecular weight is 422 g/mol. The molecule has 6 nitrogen and oxygen atoms in total. The molecule has 1 amide bonds. The van der Waals surface area contributed by atoms with Crippen molar-refractivity contribution in [3.05, 3.63) is 70.4 Å². The lowest BCUT2D eigenvalue weighted by Crippen LogP contribution is -2.26. The van der Waals surface area contributed by atoms with E-state index in [0.29, 0.717) is 30.9 Å². The Morgan fingerprint density at radius 3 is 2.80 bits per heavy atom. The Balaban J connectivity index is 1.42. The molecule has 0 aliphatic heterocycles. The van der Waals surface area contributed by atoms with Crippen LogP contribution in [-0.4, -0.2) is 28.5 Å². The number of para-hydroxylation sites is 1. The number of pyridine rings is 1. The van der Waals surface area contributed by atoms with Gasteiger partial charge in [-0.3, -0.25) is 9.78 Å². The molecule has 3 aromatic heterocycles. The van der Waals surface area contributed by atoms with Gasteiger partial charge in [0, 0.05) is 35.5 Å². The molecule has 1 N–H and O–H groups in total. The van der Waals surface area contributed by atoms with Crippen molar-refractivity contribution in [2.24, 2.45) is 0 Å². The first kappa shape index (κ1) is 20.3. The second kappa shape index (κ2) is 9.19. The van der Waals surface area contributed by atoms with Gasteiger partial charge in [-0.25, -0.2) is 4.98 Å². The zero-order valence-electron chi connectivity index (χ0n) is 16.9. The largest absolute Gasteiger partial charge is 0.451 e. The molecule has 0 unspecified atom stereocenters. The highest BCUT2D eigenvalue weighted by molar-refractivity contribution is 7.09. The van der Waals surface area contributed by atoms with Crippen LogP contribution in [0, 0.1) is 0 Å². The number of aromatic nitrogens is 2. The van der Waals surface area contributed by atoms with Crippen LogP contribution >= 0.6 is 11.3 Å². The summed E-state index contributed by atoms with van der Waals surface area (Å²) in [6.45, 7) is 4.73. The SMILES string of the molecule is CC(C)OCc1c(C(=O)NCCc2nc(-c3ccccn3)cs2)oc2ccccc12. The molecule has 0 spiro atoms. The van der Waals surface area contributed by atoms with E-state index in [0.717, 1.165) is 27.3 Å². The predicted octanol–water partition coefficient (Wildman–Crippen LogP) is 4.85. The topological polar surface area (TPSA) is 77.2 Å². The van der Waals surface area contributed by atoms with Gasteiger partial charge in [0.2, 0.25) is 0 Å². The number of nitrogens with zero attached hydrogens (tertiary/aromatic N) is 2. The Labute approximate surface area is 178 Å². The number of hydrogen-bond acceptors (Lipinski definition) is 6. The molecule has 0 atom stereocenters. The quantitative estimate of drug-likeness (QED) is 0.440. The van der Waals surface area contributed by atoms with Gasteiger partial charge in [-0.15, -0.1) is 11.3 Å². The van der Waals surface area contributed by atoms with Crippen LogP contribution in [0.25, 0.3) is 22.4 Å². The molecule has 0 fully saturated rings. The molecular weight excluding hydrogens is 398 g/mol. The van der Waals surface area contributed by atoms with Gasteiger partial charge in [0.1, 0.15) is 5.58 Å². The molecule has 0 bridgehead atoms. The van der Waals surface area contributed by atoms with Gasteiger partial charge in [0.25, 0.3) is 5.91 Å². The lowest BCUT2D eigenvalue weighted by Gasteiger charge is -2.08. The Kier molecular flexibility index (Phi) is 6.21. The summed E-state index contributed by atoms with van der Waals surface area (Å²) in [5.74, 6) is 0.0697. The third kappa shape index (κ3) is 4.58. The molecule has 7 heteroatoms. The normalized spacial score (nSPS) is 11.3. The summed E-state index contributed by atoms with van der Waals surface area (Å²) in [6.07, 6.45) is 2.46. The van der Waals surface area contributed by atoms with Crippen LogP contribution in [0.4, 0.5) is 0 Å². The second-order valence-electron chi connectivity index (χ2n) is 7.11. The van der Waals surface area contributed by atoms with E-state index in [1.54, 1.807) is 17.5 Å². The third-order valence-corrected chi connectivity index (χ3v) is 5.48. The van der Waals surface area contributed by atoms with Crippen LogP contribution in [-0.2, 0) is 17.8 Å². The summed E-state index contributed by atoms with van der Waals surface area (Å²) >= 11 is 1.56. The zero-order chi connectivity index (χ0) is 20.9. The highest BCUT2D eigenvalue weighted by atomic mass is 32.1. The molecule has 154 valence electrons. The van der Waals surface area contributed by atoms with E-state index in [1.807, 2.05) is 61.7 Å². The second-order valence-corrected chi connectivity index (χ2v) is 8.06. The maximum atomic E-state index is 12.8. The number of amides is 1. The summed E-state index contributed by atoms with van der Waals surface area (Å²) in [5.41, 5.74) is 3.17. The summed E-state index contributed by atoms with van der Waals surface area (Å²) in [6, 6.07) is 13.4. The van der Waals surface area contributed by atoms with E-state index < -0.39 is 0 Å². The van der Waals surface area contributed by atoms with Crippen molar-refractivity contribution in [3.63, 3.8) is 0 Å². The Hall–Kier alpha value is -3.03. The van der Waals surface area contributed by atoms with Crippen LogP contribution in [0.15, 0.2) is 58.5 Å². The molecule has 1 aromatic carbocycles. The van der Waals surface area contributed by atoms with Crippen molar-refractivity contribution >= 4 is 28.2 Å². The van der Waals surface area contributed by atoms with Crippen molar-refractivity contribution in [1.29, 1.82) is 0 Å². The standard InChI is InChI=1S/C23H23N3O3S/c1-15(2)28-13-17-16-7-3-4-9-20(16)29-22(17)23(27)25-12-10-21-26-19(14-30-21)18-8-5-6-11-24-18/h3-9,11,14-15H,10,12-13H2,1-2H3,(H,25,27). The van der Waals surface area contributed by atoms with Gasteiger partial charge in [-0.05, 0) is 32.0 Å². The Morgan fingerprint density at radius 2 is 2.00 bits per heavy atom. The van der Waals surface area contributed by atoms with Gasteiger partial charge in [-0.2, -0.15) is 0 Å². The Bertz CT molecular complexity index is 1140. The maximum Gasteiger partial charge on any atom is 0.287 e. The number of rotatable bonds is 8. The van der Waals surface area contributed by atoms with Gasteiger partial charge in [0.05, 0.1) is 29.1 Å². The van der Waals surface area contributed by atoms with Crippen LogP contribution in [0.5, 0.6) is 0 Å². The van der Waals surface area contributed by atoms with Gasteiger partial charge >= 0.3 is 0 Å². The van der Waals surface area contributed by atoms with Crippen LogP contribution in [0.1, 0.15) is 35.0 Å². The van der Waals surface area contributed by atoms with Crippen LogP contribution in [0.3, 0.4) is 0 Å². The highest BCUT2D eigenvalue weighted by Crippen LogP contribution is 2.27. The number of thiazole rings is 1. The van der Waals surface area contributed by atoms with Gasteiger partial charge in [0.15, 0.2) is 5.76 Å². The number of nitrogens with one attached hydrogen (secondary N) is 1. The Morgan fingerprint density at radius 1 is 1.17 bits per heavy atom. The number of fused-ring (bicyclic) bond motifs is 1. The summed E-state index contributed by atoms with van der Waals surface area (Å²) in [4.78, 5) is 21.7. The number of benzene rings is 1. The van der Waals surface area contributed by atoms with Crippen molar-refractivity contribution < 1.29 is 13.9 Å². The predicted molar refractivity (Wildman–Crippen MR) is 118 cm³/mol. The van der Waals surface area contributed by atoms with Crippen LogP contribution in [0.2, 0.25) is 0 Å². The van der Waals surface area contributed by atoms with E-state index in [-0.39, 0.29) is 12.0 Å². The fourth-order valence-corrected chi connectivity index (χ4v) is 3.89. The van der Waals surface area contributed by atoms with E-state index >= 15 is 0 Å². The van der Waals surface area contributed by atoms with Crippen molar-refractivity contribution in [2.75, 3.05) is 6.54 Å². The minimum Gasteiger partial charge on any atom is -0.451 e. The number of hydrogen-bond donors (Lipinski definition) is 1. The molecule has 30 heavy (non-hydrogen) atoms. The molecule has 4 rings (SSSR count). The van der Waals surface area contributed by atoms with Crippen molar-refractivity contribution in [3.8, 4) is 11.4 Å². The van der Waals surface area contributed by atoms with Gasteiger partial charge < -0.3 is 14.5 Å². The monoisotopic (exact) mass is 421 g/mol. The first-order chi connectivity index (χ1) is 14.6. The van der Waals surface area contributed by atoms with E-state index in [9.17, 15) is 4.79 Å². The fraction of sp³-hybridized carbons (Fsp3) is 0.261. The number of carbonyl (C=O) groups is 1. The summed E-state index contributed by atoms with van der Waals surface area (Å²) < 4.78 is 11.6. The molecule has 0 aliphatic carbocycles. The maximum absolute atomic E-state index is 12.8. The summed E-state index contributed by atoms with van der Waals surface area (Å²) in [7, 11) is 0. The smallest absolute Gasteiger partial charge is 0.287 e. The van der Waals surface area contributed by atoms with E-state index in [1.165, 1.54) is 0 Å². The summed E-state index contributed by atoms with van der Waals surface area (Å²) in [5, 5.41) is 6.79. The van der Waals surface area contributed by atoms with Gasteiger partial charge in [-0.1, -0.05) is 24.3 Å². The number of furan rings is 1. The molecule has 3 heterocycles. The molecular formula is C23H23N3O3S. The molecule has 4 aromatic rings. The minimum atomic E-state index is -0.241. The average Bonchev–Trinajstić information content (AvgIpc) is 3.37.